The number of aliphatic carboxylic acids is 1. The van der Waals surface area contributed by atoms with E-state index in [4.69, 9.17) is 0 Å². The summed E-state index contributed by atoms with van der Waals surface area (Å²) >= 11 is 10.7. The minimum atomic E-state index is -4.54. The molecule has 4 rings (SSSR count). The number of fused-ring (bicyclic) bond motifs is 2. The monoisotopic (exact) mass is 1080 g/mol. The molecule has 13 nitrogen and oxygen atoms in total. The Kier molecular flexibility index (Phi) is 16.0. The number of nitrogens with zero attached hydrogens (tertiary/aromatic N) is 2. The number of rotatable bonds is 19. The molecule has 0 radical (unpaired) electrons. The number of halogens is 3. The molecule has 0 aliphatic carbocycles. The first-order valence-corrected chi connectivity index (χ1v) is 25.6. The number of hydrogen-bond acceptors (Lipinski definition) is 8. The predicted molar refractivity (Wildman–Crippen MR) is 223 cm³/mol. The van der Waals surface area contributed by atoms with Crippen LogP contribution in [0, 0.1) is 0 Å². The van der Waals surface area contributed by atoms with Gasteiger partial charge in [0.1, 0.15) is 0 Å². The van der Waals surface area contributed by atoms with Gasteiger partial charge in [-0.25, -0.2) is 0 Å². The van der Waals surface area contributed by atoms with Gasteiger partial charge in [-0.15, -0.1) is 0 Å². The van der Waals surface area contributed by atoms with Crippen LogP contribution in [-0.2, 0) is 47.1 Å². The quantitative estimate of drug-likeness (QED) is 0.0237. The van der Waals surface area contributed by atoms with Crippen molar-refractivity contribution in [3.05, 3.63) is 90.0 Å². The van der Waals surface area contributed by atoms with E-state index in [9.17, 15) is 48.8 Å². The number of carboxylic acid groups (broad SMARTS) is 1. The van der Waals surface area contributed by atoms with Gasteiger partial charge in [0.05, 0.1) is 10.6 Å². The third-order valence-electron chi connectivity index (χ3n) is 8.94. The Morgan fingerprint density at radius 3 is 2.16 bits per heavy atom. The zero-order valence-electron chi connectivity index (χ0n) is 29.4. The van der Waals surface area contributed by atoms with E-state index in [1.165, 1.54) is 12.1 Å². The van der Waals surface area contributed by atoms with Crippen LogP contribution in [0.4, 0.5) is 5.69 Å². The molecule has 0 amide bonds. The van der Waals surface area contributed by atoms with E-state index in [0.717, 1.165) is 33.5 Å². The fourth-order valence-corrected chi connectivity index (χ4v) is 12.4. The third-order valence-corrected chi connectivity index (χ3v) is 17.8. The number of unbranched alkanes of at least 4 members (excludes halogenated alkanes) is 2. The van der Waals surface area contributed by atoms with Gasteiger partial charge in [-0.2, -0.15) is 16.8 Å². The number of aryl methyl sites for hydroxylation is 1. The molecule has 0 saturated carbocycles. The maximum atomic E-state index is 12.1. The van der Waals surface area contributed by atoms with Gasteiger partial charge in [0.2, 0.25) is 0 Å². The molecular weight excluding hydrogens is 1040 g/mol. The van der Waals surface area contributed by atoms with Crippen molar-refractivity contribution in [2.75, 3.05) is 23.0 Å². The van der Waals surface area contributed by atoms with Gasteiger partial charge in [0.15, 0.2) is 0 Å². The third kappa shape index (κ3) is 12.5. The van der Waals surface area contributed by atoms with Gasteiger partial charge >= 0.3 is 263 Å². The first-order chi connectivity index (χ1) is 25.6. The molecule has 1 unspecified atom stereocenters. The Bertz CT molecular complexity index is 2400. The maximum absolute atomic E-state index is 12.1. The molecule has 55 heavy (non-hydrogen) atoms. The molecular formula is C35H40Br3N2O11S3Se+. The van der Waals surface area contributed by atoms with Crippen molar-refractivity contribution in [2.45, 2.75) is 68.7 Å². The van der Waals surface area contributed by atoms with Crippen LogP contribution in [0.3, 0.4) is 0 Å². The van der Waals surface area contributed by atoms with Gasteiger partial charge in [-0.05, 0) is 18.9 Å². The summed E-state index contributed by atoms with van der Waals surface area (Å²) in [6, 6.07) is 6.28. The van der Waals surface area contributed by atoms with Gasteiger partial charge in [-0.3, -0.25) is 13.9 Å². The molecule has 2 aromatic carbocycles. The van der Waals surface area contributed by atoms with E-state index in [1.54, 1.807) is 12.1 Å². The molecule has 1 aliphatic rings. The number of aromatic nitrogens is 1. The molecule has 0 bridgehead atoms. The number of anilines is 1. The number of allylic oxidation sites excluding steroid dienone is 7. The second kappa shape index (κ2) is 19.2. The van der Waals surface area contributed by atoms with Gasteiger partial charge in [-0.1, -0.05) is 0 Å². The molecule has 300 valence electrons. The summed E-state index contributed by atoms with van der Waals surface area (Å²) in [7, 11) is -12.8. The zero-order chi connectivity index (χ0) is 40.8. The fourth-order valence-electron chi connectivity index (χ4n) is 6.38. The molecule has 20 heteroatoms. The van der Waals surface area contributed by atoms with Crippen molar-refractivity contribution >= 4 is 120 Å². The Morgan fingerprint density at radius 2 is 1.51 bits per heavy atom. The van der Waals surface area contributed by atoms with E-state index in [-0.39, 0.29) is 44.4 Å². The average Bonchev–Trinajstić information content (AvgIpc) is 3.53. The van der Waals surface area contributed by atoms with Crippen LogP contribution in [-0.4, -0.2) is 82.5 Å². The standard InChI is InChI=1S/C35H39Br3N2O11S3Se/c1-35(17-8-7-14-31(41)42)25-22-24(54(49,50)51)15-16-27(25)39(18-9-10-20-52(43,44)45)29(35)12-5-3-2-4-6-13-30-40(19-11-21-53(46,47)48)28-23-26(36)32(37)33(38)34(28)55-30/h2-6,12-13,15-16,22-23H,7-11,14,17-21H2,1H3,(H3-,41,42,43,44,45,46,47,48,49,50,51)/p+1. The molecule has 0 saturated heterocycles. The van der Waals surface area contributed by atoms with Crippen molar-refractivity contribution in [1.29, 1.82) is 0 Å². The second-order valence-electron chi connectivity index (χ2n) is 13.0. The Morgan fingerprint density at radius 1 is 0.855 bits per heavy atom. The minimum absolute atomic E-state index is 0.0361. The van der Waals surface area contributed by atoms with Crippen LogP contribution in [0.15, 0.2) is 84.7 Å². The summed E-state index contributed by atoms with van der Waals surface area (Å²) in [6.45, 7) is 2.64. The molecule has 3 aromatic rings. The van der Waals surface area contributed by atoms with Crippen molar-refractivity contribution in [2.24, 2.45) is 0 Å². The van der Waals surface area contributed by atoms with Gasteiger partial charge in [0.25, 0.3) is 20.2 Å². The van der Waals surface area contributed by atoms with Crippen molar-refractivity contribution in [3.63, 3.8) is 0 Å². The molecule has 1 aromatic heterocycles. The summed E-state index contributed by atoms with van der Waals surface area (Å²) in [4.78, 5) is 12.9. The molecule has 1 atom stereocenters. The average molecular weight is 1080 g/mol. The summed E-state index contributed by atoms with van der Waals surface area (Å²) < 4.78 is 105. The Balaban J connectivity index is 1.66. The van der Waals surface area contributed by atoms with Gasteiger partial charge in [0, 0.05) is 6.42 Å². The number of hydrogen-bond donors (Lipinski definition) is 4. The molecule has 2 heterocycles. The van der Waals surface area contributed by atoms with Crippen molar-refractivity contribution in [3.8, 4) is 0 Å². The van der Waals surface area contributed by atoms with Crippen molar-refractivity contribution in [1.82, 2.24) is 0 Å². The SMILES string of the molecule is CC1(CCCCC(=O)O)/C(=C/C=C/C=C/C=C/c2[se]c3c(Br)c(Br)c(Br)cc3[n+]2CCCS(=O)(=O)O)N(CCCCS(=O)(=O)O)c2ccc(S(=O)(=O)O)cc21. The number of carbonyl (C=O) groups is 1. The normalized spacial score (nSPS) is 17.5. The zero-order valence-corrected chi connectivity index (χ0v) is 38.4. The molecule has 0 fully saturated rings. The fraction of sp³-hybridized carbons (Fsp3) is 0.371. The Labute approximate surface area is 352 Å². The molecule has 0 spiro atoms. The first-order valence-electron chi connectivity index (χ1n) is 16.9. The topological polar surface area (TPSA) is 208 Å². The van der Waals surface area contributed by atoms with Gasteiger partial charge < -0.3 is 5.11 Å². The summed E-state index contributed by atoms with van der Waals surface area (Å²) in [5, 5.41) is 9.21. The van der Waals surface area contributed by atoms with Crippen LogP contribution < -0.4 is 9.47 Å². The predicted octanol–water partition coefficient (Wildman–Crippen LogP) is 7.10. The summed E-state index contributed by atoms with van der Waals surface area (Å²) in [5.74, 6) is -1.71. The van der Waals surface area contributed by atoms with E-state index in [2.05, 4.69) is 47.8 Å². The summed E-state index contributed by atoms with van der Waals surface area (Å²) in [5.41, 5.74) is 2.18. The number of carboxylic acids is 1. The first kappa shape index (κ1) is 45.7. The van der Waals surface area contributed by atoms with Crippen LogP contribution in [0.1, 0.15) is 62.0 Å². The molecule has 1 aliphatic heterocycles. The number of benzene rings is 2. The van der Waals surface area contributed by atoms with Crippen LogP contribution >= 0.6 is 47.8 Å². The Hall–Kier alpha value is -1.97. The van der Waals surface area contributed by atoms with E-state index >= 15 is 0 Å². The van der Waals surface area contributed by atoms with Crippen molar-refractivity contribution < 1.29 is 53.4 Å². The second-order valence-corrected chi connectivity index (χ2v) is 22.1. The molecule has 4 N–H and O–H groups in total. The van der Waals surface area contributed by atoms with E-state index in [1.807, 2.05) is 58.9 Å². The van der Waals surface area contributed by atoms with E-state index < -0.39 is 47.5 Å². The van der Waals surface area contributed by atoms with Crippen LogP contribution in [0.2, 0.25) is 0 Å². The van der Waals surface area contributed by atoms with Crippen LogP contribution in [0.25, 0.3) is 15.9 Å². The van der Waals surface area contributed by atoms with Crippen LogP contribution in [0.5, 0.6) is 0 Å². The summed E-state index contributed by atoms with van der Waals surface area (Å²) in [6.07, 6.45) is 15.0. The van der Waals surface area contributed by atoms with E-state index in [0.29, 0.717) is 50.0 Å².